The van der Waals surface area contributed by atoms with Crippen LogP contribution < -0.4 is 10.1 Å². The van der Waals surface area contributed by atoms with E-state index in [1.165, 1.54) is 11.8 Å². The molecule has 5 nitrogen and oxygen atoms in total. The predicted molar refractivity (Wildman–Crippen MR) is 79.5 cm³/mol. The molecule has 0 saturated carbocycles. The lowest BCUT2D eigenvalue weighted by Crippen LogP contribution is -2.43. The van der Waals surface area contributed by atoms with Gasteiger partial charge in [0.25, 0.3) is 5.91 Å². The fraction of sp³-hybridized carbons (Fsp3) is 0.385. The Morgan fingerprint density at radius 1 is 1.45 bits per heavy atom. The van der Waals surface area contributed by atoms with Crippen LogP contribution in [0.15, 0.2) is 24.3 Å². The summed E-state index contributed by atoms with van der Waals surface area (Å²) in [5, 5.41) is 11.8. The van der Waals surface area contributed by atoms with Gasteiger partial charge < -0.3 is 15.2 Å². The fourth-order valence-electron chi connectivity index (χ4n) is 1.43. The smallest absolute Gasteiger partial charge is 0.326 e. The van der Waals surface area contributed by atoms with Crippen LogP contribution in [0.2, 0.25) is 5.02 Å². The number of carboxylic acid groups (broad SMARTS) is 1. The number of hydrogen-bond acceptors (Lipinski definition) is 4. The molecule has 0 fully saturated rings. The maximum atomic E-state index is 11.7. The molecule has 1 amide bonds. The summed E-state index contributed by atoms with van der Waals surface area (Å²) in [5.74, 6) is -0.494. The largest absolute Gasteiger partial charge is 0.482 e. The van der Waals surface area contributed by atoms with Gasteiger partial charge in [-0.15, -0.1) is 0 Å². The number of aliphatic carboxylic acids is 1. The molecule has 0 radical (unpaired) electrons. The zero-order chi connectivity index (χ0) is 15.0. The van der Waals surface area contributed by atoms with Crippen molar-refractivity contribution in [3.05, 3.63) is 29.3 Å². The Kier molecular flexibility index (Phi) is 7.25. The van der Waals surface area contributed by atoms with Crippen LogP contribution in [0.5, 0.6) is 5.75 Å². The minimum absolute atomic E-state index is 0.271. The average Bonchev–Trinajstić information content (AvgIpc) is 2.42. The van der Waals surface area contributed by atoms with Crippen LogP contribution in [0.3, 0.4) is 0 Å². The first-order valence-corrected chi connectivity index (χ1v) is 7.70. The molecular formula is C13H16ClNO4S. The molecule has 0 saturated heterocycles. The van der Waals surface area contributed by atoms with E-state index in [1.807, 2.05) is 6.26 Å². The van der Waals surface area contributed by atoms with Crippen LogP contribution in [-0.2, 0) is 9.59 Å². The van der Waals surface area contributed by atoms with Gasteiger partial charge in [0.15, 0.2) is 6.61 Å². The highest BCUT2D eigenvalue weighted by Gasteiger charge is 2.19. The molecule has 0 unspecified atom stereocenters. The van der Waals surface area contributed by atoms with Crippen LogP contribution in [0.25, 0.3) is 0 Å². The van der Waals surface area contributed by atoms with Gasteiger partial charge in [-0.05, 0) is 30.6 Å². The molecule has 0 spiro atoms. The second-order valence-corrected chi connectivity index (χ2v) is 5.35. The van der Waals surface area contributed by atoms with Gasteiger partial charge in [0, 0.05) is 0 Å². The number of ether oxygens (including phenoxy) is 1. The summed E-state index contributed by atoms with van der Waals surface area (Å²) < 4.78 is 5.24. The first-order valence-electron chi connectivity index (χ1n) is 5.93. The Morgan fingerprint density at radius 2 is 2.15 bits per heavy atom. The summed E-state index contributed by atoms with van der Waals surface area (Å²) in [5.41, 5.74) is 0. The number of nitrogens with one attached hydrogen (secondary N) is 1. The monoisotopic (exact) mass is 317 g/mol. The van der Waals surface area contributed by atoms with Crippen molar-refractivity contribution in [2.45, 2.75) is 12.5 Å². The van der Waals surface area contributed by atoms with Crippen molar-refractivity contribution in [2.75, 3.05) is 18.6 Å². The van der Waals surface area contributed by atoms with Crippen molar-refractivity contribution >= 4 is 35.2 Å². The molecule has 0 aliphatic carbocycles. The van der Waals surface area contributed by atoms with E-state index in [4.69, 9.17) is 21.4 Å². The van der Waals surface area contributed by atoms with Crippen molar-refractivity contribution < 1.29 is 19.4 Å². The summed E-state index contributed by atoms with van der Waals surface area (Å²) >= 11 is 7.40. The summed E-state index contributed by atoms with van der Waals surface area (Å²) in [4.78, 5) is 22.6. The highest BCUT2D eigenvalue weighted by atomic mass is 35.5. The van der Waals surface area contributed by atoms with Crippen LogP contribution in [0.1, 0.15) is 6.42 Å². The third-order valence-corrected chi connectivity index (χ3v) is 3.40. The van der Waals surface area contributed by atoms with E-state index in [1.54, 1.807) is 24.3 Å². The summed E-state index contributed by atoms with van der Waals surface area (Å²) in [6.45, 7) is -0.271. The second-order valence-electron chi connectivity index (χ2n) is 3.96. The number of hydrogen-bond donors (Lipinski definition) is 2. The van der Waals surface area contributed by atoms with E-state index >= 15 is 0 Å². The van der Waals surface area contributed by atoms with Crippen molar-refractivity contribution in [3.8, 4) is 5.75 Å². The van der Waals surface area contributed by atoms with Crippen molar-refractivity contribution in [2.24, 2.45) is 0 Å². The lowest BCUT2D eigenvalue weighted by Gasteiger charge is -2.14. The Morgan fingerprint density at radius 3 is 2.75 bits per heavy atom. The van der Waals surface area contributed by atoms with Gasteiger partial charge in [-0.2, -0.15) is 11.8 Å². The number of halogens is 1. The van der Waals surface area contributed by atoms with Crippen molar-refractivity contribution in [1.82, 2.24) is 5.32 Å². The molecule has 0 aliphatic heterocycles. The van der Waals surface area contributed by atoms with Gasteiger partial charge in [-0.25, -0.2) is 4.79 Å². The molecule has 20 heavy (non-hydrogen) atoms. The molecule has 0 aromatic heterocycles. The number of benzene rings is 1. The second kappa shape index (κ2) is 8.71. The Bertz CT molecular complexity index is 469. The van der Waals surface area contributed by atoms with Crippen molar-refractivity contribution in [3.63, 3.8) is 0 Å². The van der Waals surface area contributed by atoms with E-state index in [-0.39, 0.29) is 6.61 Å². The number of carbonyl (C=O) groups excluding carboxylic acids is 1. The predicted octanol–water partition coefficient (Wildman–Crippen LogP) is 2.04. The molecular weight excluding hydrogens is 302 g/mol. The normalized spacial score (nSPS) is 11.7. The van der Waals surface area contributed by atoms with Gasteiger partial charge in [0.05, 0.1) is 5.02 Å². The number of para-hydroxylation sites is 1. The molecule has 1 rings (SSSR count). The Hall–Kier alpha value is -1.40. The van der Waals surface area contributed by atoms with Crippen LogP contribution in [0, 0.1) is 0 Å². The molecule has 1 atom stereocenters. The lowest BCUT2D eigenvalue weighted by atomic mass is 10.2. The standard InChI is InChI=1S/C13H16ClNO4S/c1-20-7-6-10(13(17)18)15-12(16)8-19-11-5-3-2-4-9(11)14/h2-5,10H,6-8H2,1H3,(H,15,16)(H,17,18)/t10-/m0/s1. The average molecular weight is 318 g/mol. The molecule has 2 N–H and O–H groups in total. The van der Waals surface area contributed by atoms with E-state index in [9.17, 15) is 9.59 Å². The van der Waals surface area contributed by atoms with Gasteiger partial charge >= 0.3 is 5.97 Å². The van der Waals surface area contributed by atoms with E-state index in [2.05, 4.69) is 5.32 Å². The molecule has 1 aromatic carbocycles. The van der Waals surface area contributed by atoms with Crippen LogP contribution >= 0.6 is 23.4 Å². The topological polar surface area (TPSA) is 75.6 Å². The van der Waals surface area contributed by atoms with Crippen LogP contribution in [-0.4, -0.2) is 41.6 Å². The van der Waals surface area contributed by atoms with Gasteiger partial charge in [-0.1, -0.05) is 23.7 Å². The molecule has 110 valence electrons. The zero-order valence-electron chi connectivity index (χ0n) is 11.0. The maximum absolute atomic E-state index is 11.7. The number of rotatable bonds is 8. The van der Waals surface area contributed by atoms with Crippen LogP contribution in [0.4, 0.5) is 0 Å². The number of thioether (sulfide) groups is 1. The molecule has 7 heteroatoms. The summed E-state index contributed by atoms with van der Waals surface area (Å²) in [7, 11) is 0. The quantitative estimate of drug-likeness (QED) is 0.767. The molecule has 0 heterocycles. The van der Waals surface area contributed by atoms with E-state index < -0.39 is 17.9 Å². The van der Waals surface area contributed by atoms with Gasteiger partial charge in [-0.3, -0.25) is 4.79 Å². The highest BCUT2D eigenvalue weighted by molar-refractivity contribution is 7.98. The first kappa shape index (κ1) is 16.7. The molecule has 1 aromatic rings. The van der Waals surface area contributed by atoms with E-state index in [0.717, 1.165) is 0 Å². The zero-order valence-corrected chi connectivity index (χ0v) is 12.5. The fourth-order valence-corrected chi connectivity index (χ4v) is 2.10. The minimum atomic E-state index is -1.05. The Balaban J connectivity index is 2.46. The maximum Gasteiger partial charge on any atom is 0.326 e. The number of carboxylic acids is 1. The van der Waals surface area contributed by atoms with Gasteiger partial charge in [0.2, 0.25) is 0 Å². The summed E-state index contributed by atoms with van der Waals surface area (Å²) in [6.07, 6.45) is 2.25. The molecule has 0 bridgehead atoms. The SMILES string of the molecule is CSCC[C@H](NC(=O)COc1ccccc1Cl)C(=O)O. The third kappa shape index (κ3) is 5.71. The van der Waals surface area contributed by atoms with Gasteiger partial charge in [0.1, 0.15) is 11.8 Å². The van der Waals surface area contributed by atoms with Crippen molar-refractivity contribution in [1.29, 1.82) is 0 Å². The highest BCUT2D eigenvalue weighted by Crippen LogP contribution is 2.22. The molecule has 0 aliphatic rings. The first-order chi connectivity index (χ1) is 9.54. The Labute approximate surface area is 126 Å². The summed E-state index contributed by atoms with van der Waals surface area (Å²) in [6, 6.07) is 5.87. The number of amides is 1. The van der Waals surface area contributed by atoms with E-state index in [0.29, 0.717) is 22.9 Å². The number of carbonyl (C=O) groups is 2. The third-order valence-electron chi connectivity index (χ3n) is 2.44. The minimum Gasteiger partial charge on any atom is -0.482 e. The lowest BCUT2D eigenvalue weighted by molar-refractivity contribution is -0.142.